The summed E-state index contributed by atoms with van der Waals surface area (Å²) in [6.45, 7) is 4.81. The molecule has 5 heteroatoms. The molecule has 0 saturated carbocycles. The monoisotopic (exact) mass is 263 g/mol. The van der Waals surface area contributed by atoms with E-state index in [9.17, 15) is 4.39 Å². The Bertz CT molecular complexity index is 551. The highest BCUT2D eigenvalue weighted by atomic mass is 19.1. The Morgan fingerprint density at radius 3 is 2.89 bits per heavy atom. The Hall–Kier alpha value is -2.04. The van der Waals surface area contributed by atoms with Gasteiger partial charge >= 0.3 is 0 Å². The van der Waals surface area contributed by atoms with Gasteiger partial charge in [-0.2, -0.15) is 0 Å². The van der Waals surface area contributed by atoms with Crippen molar-refractivity contribution in [3.05, 3.63) is 42.2 Å². The van der Waals surface area contributed by atoms with Crippen molar-refractivity contribution in [2.24, 2.45) is 0 Å². The number of anilines is 1. The van der Waals surface area contributed by atoms with Gasteiger partial charge in [0.25, 0.3) is 0 Å². The van der Waals surface area contributed by atoms with Crippen LogP contribution in [0.15, 0.2) is 30.7 Å². The molecule has 0 spiro atoms. The van der Waals surface area contributed by atoms with Crippen LogP contribution < -0.4 is 10.1 Å². The lowest BCUT2D eigenvalue weighted by atomic mass is 10.2. The second-order valence-corrected chi connectivity index (χ2v) is 4.58. The van der Waals surface area contributed by atoms with Gasteiger partial charge in [0.2, 0.25) is 0 Å². The van der Waals surface area contributed by atoms with Gasteiger partial charge in [-0.25, -0.2) is 9.37 Å². The Morgan fingerprint density at radius 2 is 2.21 bits per heavy atom. The summed E-state index contributed by atoms with van der Waals surface area (Å²) in [7, 11) is 1.53. The number of rotatable bonds is 5. The first-order chi connectivity index (χ1) is 9.11. The minimum Gasteiger partial charge on any atom is -0.494 e. The Morgan fingerprint density at radius 1 is 1.42 bits per heavy atom. The average Bonchev–Trinajstić information content (AvgIpc) is 2.85. The number of halogens is 1. The van der Waals surface area contributed by atoms with Gasteiger partial charge in [-0.05, 0) is 26.0 Å². The van der Waals surface area contributed by atoms with Crippen molar-refractivity contribution in [1.82, 2.24) is 9.55 Å². The number of hydrogen-bond donors (Lipinski definition) is 1. The molecule has 1 aromatic carbocycles. The number of hydrogen-bond acceptors (Lipinski definition) is 3. The molecule has 0 aliphatic rings. The van der Waals surface area contributed by atoms with Gasteiger partial charge in [0, 0.05) is 18.3 Å². The van der Waals surface area contributed by atoms with Crippen LogP contribution in [-0.4, -0.2) is 16.7 Å². The fourth-order valence-electron chi connectivity index (χ4n) is 1.93. The SMILES string of the molecule is COc1cc(F)ccc1NCc1cncn1C(C)C. The van der Waals surface area contributed by atoms with E-state index >= 15 is 0 Å². The highest BCUT2D eigenvalue weighted by Gasteiger charge is 2.08. The van der Waals surface area contributed by atoms with Gasteiger partial charge in [-0.1, -0.05) is 0 Å². The molecular formula is C14H18FN3O. The molecule has 4 nitrogen and oxygen atoms in total. The minimum absolute atomic E-state index is 0.311. The molecule has 0 radical (unpaired) electrons. The zero-order valence-electron chi connectivity index (χ0n) is 11.4. The number of aromatic nitrogens is 2. The second kappa shape index (κ2) is 5.73. The van der Waals surface area contributed by atoms with Crippen molar-refractivity contribution >= 4 is 5.69 Å². The number of benzene rings is 1. The van der Waals surface area contributed by atoms with Crippen LogP contribution in [0.1, 0.15) is 25.6 Å². The molecule has 0 saturated heterocycles. The van der Waals surface area contributed by atoms with Crippen molar-refractivity contribution in [2.75, 3.05) is 12.4 Å². The van der Waals surface area contributed by atoms with Crippen molar-refractivity contribution in [3.63, 3.8) is 0 Å². The standard InChI is InChI=1S/C14H18FN3O/c1-10(2)18-9-16-7-12(18)8-17-13-5-4-11(15)6-14(13)19-3/h4-7,9-10,17H,8H2,1-3H3. The van der Waals surface area contributed by atoms with E-state index in [1.807, 2.05) is 12.5 Å². The summed E-state index contributed by atoms with van der Waals surface area (Å²) < 4.78 is 20.3. The molecule has 102 valence electrons. The predicted octanol–water partition coefficient (Wildman–Crippen LogP) is 3.22. The average molecular weight is 263 g/mol. The normalized spacial score (nSPS) is 10.8. The first kappa shape index (κ1) is 13.4. The summed E-state index contributed by atoms with van der Waals surface area (Å²) in [6.07, 6.45) is 3.63. The molecule has 0 aliphatic heterocycles. The smallest absolute Gasteiger partial charge is 0.144 e. The summed E-state index contributed by atoms with van der Waals surface area (Å²) in [5.74, 6) is 0.185. The summed E-state index contributed by atoms with van der Waals surface area (Å²) in [5.41, 5.74) is 1.83. The molecule has 1 aromatic heterocycles. The van der Waals surface area contributed by atoms with Gasteiger partial charge in [-0.3, -0.25) is 0 Å². The van der Waals surface area contributed by atoms with Gasteiger partial charge in [0.05, 0.1) is 31.4 Å². The number of nitrogens with zero attached hydrogens (tertiary/aromatic N) is 2. The van der Waals surface area contributed by atoms with Crippen LogP contribution >= 0.6 is 0 Å². The van der Waals surface area contributed by atoms with Crippen molar-refractivity contribution in [3.8, 4) is 5.75 Å². The first-order valence-corrected chi connectivity index (χ1v) is 6.20. The first-order valence-electron chi connectivity index (χ1n) is 6.20. The Labute approximate surface area is 112 Å². The zero-order chi connectivity index (χ0) is 13.8. The van der Waals surface area contributed by atoms with E-state index in [4.69, 9.17) is 4.74 Å². The molecule has 1 N–H and O–H groups in total. The van der Waals surface area contributed by atoms with Crippen LogP contribution in [-0.2, 0) is 6.54 Å². The largest absolute Gasteiger partial charge is 0.494 e. The van der Waals surface area contributed by atoms with E-state index in [0.717, 1.165) is 11.4 Å². The number of ether oxygens (including phenoxy) is 1. The summed E-state index contributed by atoms with van der Waals surface area (Å²) in [5, 5.41) is 3.24. The molecule has 2 rings (SSSR count). The summed E-state index contributed by atoms with van der Waals surface area (Å²) >= 11 is 0. The van der Waals surface area contributed by atoms with Gasteiger partial charge < -0.3 is 14.6 Å². The van der Waals surface area contributed by atoms with Crippen molar-refractivity contribution < 1.29 is 9.13 Å². The van der Waals surface area contributed by atoms with E-state index < -0.39 is 0 Å². The molecule has 0 bridgehead atoms. The molecule has 0 unspecified atom stereocenters. The van der Waals surface area contributed by atoms with Gasteiger partial charge in [0.15, 0.2) is 0 Å². The van der Waals surface area contributed by atoms with E-state index in [2.05, 4.69) is 28.7 Å². The maximum atomic E-state index is 13.1. The molecule has 0 amide bonds. The molecule has 0 fully saturated rings. The maximum absolute atomic E-state index is 13.1. The molecule has 1 heterocycles. The number of imidazole rings is 1. The Kier molecular flexibility index (Phi) is 4.04. The highest BCUT2D eigenvalue weighted by molar-refractivity contribution is 5.56. The van der Waals surface area contributed by atoms with Crippen LogP contribution in [0.4, 0.5) is 10.1 Å². The number of methoxy groups -OCH3 is 1. The molecule has 19 heavy (non-hydrogen) atoms. The lowest BCUT2D eigenvalue weighted by Gasteiger charge is -2.14. The highest BCUT2D eigenvalue weighted by Crippen LogP contribution is 2.25. The van der Waals surface area contributed by atoms with Crippen LogP contribution in [0.3, 0.4) is 0 Å². The van der Waals surface area contributed by atoms with Crippen LogP contribution in [0.25, 0.3) is 0 Å². The van der Waals surface area contributed by atoms with Crippen LogP contribution in [0.5, 0.6) is 5.75 Å². The van der Waals surface area contributed by atoms with Crippen LogP contribution in [0.2, 0.25) is 0 Å². The van der Waals surface area contributed by atoms with E-state index in [-0.39, 0.29) is 5.82 Å². The zero-order valence-corrected chi connectivity index (χ0v) is 11.4. The lowest BCUT2D eigenvalue weighted by Crippen LogP contribution is -2.09. The van der Waals surface area contributed by atoms with Crippen molar-refractivity contribution in [1.29, 1.82) is 0 Å². The fourth-order valence-corrected chi connectivity index (χ4v) is 1.93. The predicted molar refractivity (Wildman–Crippen MR) is 72.9 cm³/mol. The third kappa shape index (κ3) is 3.05. The second-order valence-electron chi connectivity index (χ2n) is 4.58. The van der Waals surface area contributed by atoms with E-state index in [1.54, 1.807) is 6.07 Å². The molecule has 0 aliphatic carbocycles. The number of nitrogens with one attached hydrogen (secondary N) is 1. The molecule has 0 atom stereocenters. The lowest BCUT2D eigenvalue weighted by molar-refractivity contribution is 0.413. The van der Waals surface area contributed by atoms with Crippen LogP contribution in [0, 0.1) is 5.82 Å². The van der Waals surface area contributed by atoms with Gasteiger partial charge in [0.1, 0.15) is 11.6 Å². The molecule has 2 aromatic rings. The topological polar surface area (TPSA) is 39.1 Å². The summed E-state index contributed by atoms with van der Waals surface area (Å²) in [6, 6.07) is 4.80. The van der Waals surface area contributed by atoms with Crippen molar-refractivity contribution in [2.45, 2.75) is 26.4 Å². The maximum Gasteiger partial charge on any atom is 0.144 e. The minimum atomic E-state index is -0.311. The fraction of sp³-hybridized carbons (Fsp3) is 0.357. The third-order valence-electron chi connectivity index (χ3n) is 2.93. The Balaban J connectivity index is 2.12. The molecular weight excluding hydrogens is 245 g/mol. The summed E-state index contributed by atoms with van der Waals surface area (Å²) in [4.78, 5) is 4.14. The van der Waals surface area contributed by atoms with E-state index in [1.165, 1.54) is 19.2 Å². The van der Waals surface area contributed by atoms with E-state index in [0.29, 0.717) is 18.3 Å². The third-order valence-corrected chi connectivity index (χ3v) is 2.93. The van der Waals surface area contributed by atoms with Gasteiger partial charge in [-0.15, -0.1) is 0 Å². The quantitative estimate of drug-likeness (QED) is 0.900.